The molecule has 4 heterocycles. The van der Waals surface area contributed by atoms with Gasteiger partial charge in [-0.1, -0.05) is 13.0 Å². The Kier molecular flexibility index (Phi) is 5.27. The maximum atomic E-state index is 14.9. The lowest BCUT2D eigenvalue weighted by atomic mass is 9.99. The molecule has 5 rings (SSSR count). The molecule has 6 nitrogen and oxygen atoms in total. The number of amides is 1. The highest BCUT2D eigenvalue weighted by molar-refractivity contribution is 7.21. The van der Waals surface area contributed by atoms with Gasteiger partial charge >= 0.3 is 0 Å². The third-order valence-corrected chi connectivity index (χ3v) is 7.50. The van der Waals surface area contributed by atoms with Crippen molar-refractivity contribution in [1.82, 2.24) is 15.6 Å². The zero-order valence-electron chi connectivity index (χ0n) is 17.4. The first-order chi connectivity index (χ1) is 15.0. The standard InChI is InChI=1S/C23H26FN5OS/c1-13(10-27-22(30)21-20(25)18-3-2-8-26-23(18)31-21)17-7-6-16(9-19(17)24)29-11-14-4-5-15(12-29)28-14/h2-3,6-9,13-15,28H,4-5,10-12,25H2,1H3,(H,27,30). The Labute approximate surface area is 184 Å². The van der Waals surface area contributed by atoms with Gasteiger partial charge in [0.2, 0.25) is 0 Å². The summed E-state index contributed by atoms with van der Waals surface area (Å²) in [6.45, 7) is 4.09. The summed E-state index contributed by atoms with van der Waals surface area (Å²) >= 11 is 1.27. The minimum atomic E-state index is -0.249. The normalized spacial score (nSPS) is 21.4. The average Bonchev–Trinajstić information content (AvgIpc) is 3.30. The fraction of sp³-hybridized carbons (Fsp3) is 0.391. The Morgan fingerprint density at radius 3 is 2.84 bits per heavy atom. The number of nitrogens with one attached hydrogen (secondary N) is 2. The van der Waals surface area contributed by atoms with E-state index >= 15 is 0 Å². The molecule has 162 valence electrons. The number of nitrogen functional groups attached to an aromatic ring is 1. The van der Waals surface area contributed by atoms with E-state index in [2.05, 4.69) is 20.5 Å². The largest absolute Gasteiger partial charge is 0.397 e. The van der Waals surface area contributed by atoms with Crippen LogP contribution < -0.4 is 21.3 Å². The summed E-state index contributed by atoms with van der Waals surface area (Å²) in [6.07, 6.45) is 4.07. The van der Waals surface area contributed by atoms with Gasteiger partial charge in [0.1, 0.15) is 15.5 Å². The zero-order chi connectivity index (χ0) is 21.5. The van der Waals surface area contributed by atoms with Gasteiger partial charge in [0.25, 0.3) is 5.91 Å². The molecule has 0 saturated carbocycles. The fourth-order valence-electron chi connectivity index (χ4n) is 4.68. The van der Waals surface area contributed by atoms with Crippen LogP contribution in [0.15, 0.2) is 36.5 Å². The van der Waals surface area contributed by atoms with Gasteiger partial charge in [0.15, 0.2) is 0 Å². The second-order valence-corrected chi connectivity index (χ2v) is 9.56. The van der Waals surface area contributed by atoms with E-state index in [4.69, 9.17) is 5.73 Å². The van der Waals surface area contributed by atoms with Crippen molar-refractivity contribution in [3.05, 3.63) is 52.8 Å². The van der Waals surface area contributed by atoms with Crippen molar-refractivity contribution < 1.29 is 9.18 Å². The molecule has 0 aliphatic carbocycles. The summed E-state index contributed by atoms with van der Waals surface area (Å²) in [7, 11) is 0. The molecular weight excluding hydrogens is 413 g/mol. The van der Waals surface area contributed by atoms with Crippen LogP contribution in [0.1, 0.15) is 40.9 Å². The smallest absolute Gasteiger partial charge is 0.263 e. The quantitative estimate of drug-likeness (QED) is 0.567. The molecule has 0 spiro atoms. The van der Waals surface area contributed by atoms with Crippen LogP contribution in [-0.4, -0.2) is 42.6 Å². The third kappa shape index (κ3) is 3.85. The van der Waals surface area contributed by atoms with Gasteiger partial charge in [0, 0.05) is 54.9 Å². The predicted octanol–water partition coefficient (Wildman–Crippen LogP) is 3.49. The van der Waals surface area contributed by atoms with Crippen molar-refractivity contribution in [1.29, 1.82) is 0 Å². The number of nitrogens with two attached hydrogens (primary N) is 1. The third-order valence-electron chi connectivity index (χ3n) is 6.38. The van der Waals surface area contributed by atoms with Crippen LogP contribution in [0.3, 0.4) is 0 Å². The molecule has 2 aromatic heterocycles. The van der Waals surface area contributed by atoms with Crippen LogP contribution in [0.2, 0.25) is 0 Å². The minimum Gasteiger partial charge on any atom is -0.397 e. The SMILES string of the molecule is CC(CNC(=O)c1sc2ncccc2c1N)c1ccc(N2CC3CCC(C2)N3)cc1F. The predicted molar refractivity (Wildman–Crippen MR) is 123 cm³/mol. The maximum absolute atomic E-state index is 14.9. The number of hydrogen-bond acceptors (Lipinski definition) is 6. The number of carbonyl (C=O) groups excluding carboxylic acids is 1. The summed E-state index contributed by atoms with van der Waals surface area (Å²) in [5.41, 5.74) is 8.11. The van der Waals surface area contributed by atoms with E-state index in [0.717, 1.165) is 29.0 Å². The molecule has 1 aromatic carbocycles. The van der Waals surface area contributed by atoms with E-state index in [1.54, 1.807) is 18.3 Å². The van der Waals surface area contributed by atoms with Gasteiger partial charge in [-0.3, -0.25) is 4.79 Å². The highest BCUT2D eigenvalue weighted by Gasteiger charge is 2.32. The highest BCUT2D eigenvalue weighted by Crippen LogP contribution is 2.32. The Morgan fingerprint density at radius 2 is 2.13 bits per heavy atom. The lowest BCUT2D eigenvalue weighted by Gasteiger charge is -2.34. The van der Waals surface area contributed by atoms with Crippen molar-refractivity contribution in [2.75, 3.05) is 30.3 Å². The molecule has 2 aliphatic rings. The van der Waals surface area contributed by atoms with Crippen LogP contribution in [-0.2, 0) is 0 Å². The molecule has 4 N–H and O–H groups in total. The maximum Gasteiger partial charge on any atom is 0.263 e. The van der Waals surface area contributed by atoms with Crippen LogP contribution in [0.5, 0.6) is 0 Å². The number of benzene rings is 1. The Hall–Kier alpha value is -2.71. The van der Waals surface area contributed by atoms with Crippen LogP contribution >= 0.6 is 11.3 Å². The Balaban J connectivity index is 1.25. The van der Waals surface area contributed by atoms with E-state index in [1.807, 2.05) is 25.1 Å². The topological polar surface area (TPSA) is 83.3 Å². The number of fused-ring (bicyclic) bond motifs is 3. The van der Waals surface area contributed by atoms with Gasteiger partial charge in [-0.15, -0.1) is 11.3 Å². The highest BCUT2D eigenvalue weighted by atomic mass is 32.1. The van der Waals surface area contributed by atoms with Gasteiger partial charge in [-0.05, 0) is 42.7 Å². The lowest BCUT2D eigenvalue weighted by Crippen LogP contribution is -2.51. The molecular formula is C23H26FN5OS. The number of carbonyl (C=O) groups is 1. The number of halogens is 1. The van der Waals surface area contributed by atoms with Gasteiger partial charge < -0.3 is 21.3 Å². The van der Waals surface area contributed by atoms with Crippen molar-refractivity contribution in [3.8, 4) is 0 Å². The van der Waals surface area contributed by atoms with Crippen LogP contribution in [0.25, 0.3) is 10.2 Å². The minimum absolute atomic E-state index is 0.161. The lowest BCUT2D eigenvalue weighted by molar-refractivity contribution is 0.0956. The average molecular weight is 440 g/mol. The molecule has 31 heavy (non-hydrogen) atoms. The zero-order valence-corrected chi connectivity index (χ0v) is 18.2. The molecule has 2 bridgehead atoms. The number of hydrogen-bond donors (Lipinski definition) is 3. The Bertz CT molecular complexity index is 1120. The van der Waals surface area contributed by atoms with Crippen LogP contribution in [0, 0.1) is 5.82 Å². The molecule has 0 radical (unpaired) electrons. The van der Waals surface area contributed by atoms with E-state index in [1.165, 1.54) is 24.2 Å². The van der Waals surface area contributed by atoms with E-state index in [-0.39, 0.29) is 17.6 Å². The summed E-state index contributed by atoms with van der Waals surface area (Å²) in [5, 5.41) is 7.29. The fourth-order valence-corrected chi connectivity index (χ4v) is 5.66. The Morgan fingerprint density at radius 1 is 1.35 bits per heavy atom. The molecule has 2 saturated heterocycles. The number of thiophene rings is 1. The van der Waals surface area contributed by atoms with Gasteiger partial charge in [0.05, 0.1) is 5.69 Å². The summed E-state index contributed by atoms with van der Waals surface area (Å²) in [5.74, 6) is -0.637. The van der Waals surface area contributed by atoms with Crippen molar-refractivity contribution in [2.24, 2.45) is 0 Å². The van der Waals surface area contributed by atoms with Crippen molar-refractivity contribution in [2.45, 2.75) is 37.8 Å². The van der Waals surface area contributed by atoms with E-state index in [0.29, 0.717) is 34.8 Å². The number of pyridine rings is 1. The molecule has 2 aliphatic heterocycles. The van der Waals surface area contributed by atoms with E-state index in [9.17, 15) is 9.18 Å². The molecule has 3 unspecified atom stereocenters. The van der Waals surface area contributed by atoms with Gasteiger partial charge in [-0.25, -0.2) is 9.37 Å². The first-order valence-corrected chi connectivity index (χ1v) is 11.5. The molecule has 3 aromatic rings. The second-order valence-electron chi connectivity index (χ2n) is 8.56. The van der Waals surface area contributed by atoms with Crippen molar-refractivity contribution >= 4 is 38.8 Å². The molecule has 8 heteroatoms. The number of anilines is 2. The second kappa shape index (κ2) is 8.09. The summed E-state index contributed by atoms with van der Waals surface area (Å²) in [6, 6.07) is 10.1. The number of nitrogens with zero attached hydrogens (tertiary/aromatic N) is 2. The molecule has 1 amide bonds. The first-order valence-electron chi connectivity index (χ1n) is 10.7. The van der Waals surface area contributed by atoms with Gasteiger partial charge in [-0.2, -0.15) is 0 Å². The number of aromatic nitrogens is 1. The summed E-state index contributed by atoms with van der Waals surface area (Å²) < 4.78 is 14.9. The first kappa shape index (κ1) is 20.2. The number of piperazine rings is 1. The van der Waals surface area contributed by atoms with Crippen molar-refractivity contribution in [3.63, 3.8) is 0 Å². The molecule has 3 atom stereocenters. The monoisotopic (exact) mass is 439 g/mol. The van der Waals surface area contributed by atoms with E-state index < -0.39 is 0 Å². The molecule has 2 fully saturated rings. The number of rotatable bonds is 5. The summed E-state index contributed by atoms with van der Waals surface area (Å²) in [4.78, 5) is 20.4. The van der Waals surface area contributed by atoms with Crippen LogP contribution in [0.4, 0.5) is 15.8 Å².